The minimum absolute atomic E-state index is 0.104. The van der Waals surface area contributed by atoms with Crippen LogP contribution < -0.4 is 14.8 Å². The molecule has 1 heterocycles. The molecule has 1 fully saturated rings. The monoisotopic (exact) mass is 438 g/mol. The van der Waals surface area contributed by atoms with Crippen molar-refractivity contribution in [1.82, 2.24) is 10.2 Å². The number of benzene rings is 2. The summed E-state index contributed by atoms with van der Waals surface area (Å²) in [4.78, 5) is 38.2. The lowest BCUT2D eigenvalue weighted by atomic mass is 10.2. The number of amides is 3. The van der Waals surface area contributed by atoms with Gasteiger partial charge in [0.2, 0.25) is 5.91 Å². The number of hydrogen-bond donors (Lipinski definition) is 1. The second kappa shape index (κ2) is 10.5. The third-order valence-electron chi connectivity index (χ3n) is 4.44. The zero-order valence-corrected chi connectivity index (χ0v) is 18.0. The molecule has 8 heteroatoms. The molecule has 7 nitrogen and oxygen atoms in total. The molecule has 3 amide bonds. The molecule has 0 spiro atoms. The van der Waals surface area contributed by atoms with Gasteiger partial charge in [0.15, 0.2) is 11.5 Å². The lowest BCUT2D eigenvalue weighted by Crippen LogP contribution is -2.36. The summed E-state index contributed by atoms with van der Waals surface area (Å²) in [6.07, 6.45) is 4.71. The molecule has 0 saturated carbocycles. The second-order valence-corrected chi connectivity index (χ2v) is 7.48. The van der Waals surface area contributed by atoms with E-state index in [2.05, 4.69) is 5.32 Å². The van der Waals surface area contributed by atoms with Crippen molar-refractivity contribution in [1.29, 1.82) is 0 Å². The number of nitrogens with one attached hydrogen (secondary N) is 1. The van der Waals surface area contributed by atoms with Crippen LogP contribution in [-0.4, -0.2) is 49.3 Å². The van der Waals surface area contributed by atoms with E-state index in [1.807, 2.05) is 30.3 Å². The molecule has 160 valence electrons. The molecule has 2 aromatic rings. The Bertz CT molecular complexity index is 1030. The highest BCUT2D eigenvalue weighted by Gasteiger charge is 2.34. The Hall–Kier alpha value is -3.52. The standard InChI is InChI=1S/C23H22N2O5S/c1-29-18-10-8-17(14-19(18)30-2)9-11-21(26)24-12-13-25-22(27)20(31-23(25)28)15-16-6-4-3-5-7-16/h3-11,14-15H,12-13H2,1-2H3,(H,24,26). The Morgan fingerprint density at radius 1 is 1.03 bits per heavy atom. The molecule has 3 rings (SSSR count). The van der Waals surface area contributed by atoms with Gasteiger partial charge in [-0.05, 0) is 47.2 Å². The van der Waals surface area contributed by atoms with E-state index in [-0.39, 0.29) is 30.1 Å². The third-order valence-corrected chi connectivity index (χ3v) is 5.35. The van der Waals surface area contributed by atoms with Crippen LogP contribution in [0.15, 0.2) is 59.5 Å². The van der Waals surface area contributed by atoms with Gasteiger partial charge < -0.3 is 14.8 Å². The quantitative estimate of drug-likeness (QED) is 0.635. The first kappa shape index (κ1) is 22.2. The fraction of sp³-hybridized carbons (Fsp3) is 0.174. The maximum atomic E-state index is 12.5. The van der Waals surface area contributed by atoms with E-state index in [4.69, 9.17) is 9.47 Å². The molecule has 1 N–H and O–H groups in total. The van der Waals surface area contributed by atoms with Crippen LogP contribution in [0, 0.1) is 0 Å². The first-order chi connectivity index (χ1) is 15.0. The first-order valence-electron chi connectivity index (χ1n) is 9.50. The predicted molar refractivity (Wildman–Crippen MR) is 121 cm³/mol. The van der Waals surface area contributed by atoms with Gasteiger partial charge in [-0.25, -0.2) is 0 Å². The highest BCUT2D eigenvalue weighted by Crippen LogP contribution is 2.32. The molecule has 0 aliphatic carbocycles. The third kappa shape index (κ3) is 5.76. The van der Waals surface area contributed by atoms with Gasteiger partial charge in [0.05, 0.1) is 19.1 Å². The van der Waals surface area contributed by atoms with Gasteiger partial charge in [-0.2, -0.15) is 0 Å². The van der Waals surface area contributed by atoms with Gasteiger partial charge in [0.25, 0.3) is 11.1 Å². The summed E-state index contributed by atoms with van der Waals surface area (Å²) in [6.45, 7) is 0.262. The van der Waals surface area contributed by atoms with Crippen LogP contribution in [-0.2, 0) is 9.59 Å². The van der Waals surface area contributed by atoms with Crippen molar-refractivity contribution in [2.24, 2.45) is 0 Å². The zero-order chi connectivity index (χ0) is 22.2. The number of ether oxygens (including phenoxy) is 2. The van der Waals surface area contributed by atoms with Crippen LogP contribution in [0.1, 0.15) is 11.1 Å². The SMILES string of the molecule is COc1ccc(C=CC(=O)NCCN2C(=O)SC(=Cc3ccccc3)C2=O)cc1OC. The highest BCUT2D eigenvalue weighted by molar-refractivity contribution is 8.18. The predicted octanol–water partition coefficient (Wildman–Crippen LogP) is 3.57. The smallest absolute Gasteiger partial charge is 0.293 e. The van der Waals surface area contributed by atoms with Crippen LogP contribution >= 0.6 is 11.8 Å². The van der Waals surface area contributed by atoms with Crippen molar-refractivity contribution in [3.05, 3.63) is 70.6 Å². The topological polar surface area (TPSA) is 84.9 Å². The maximum absolute atomic E-state index is 12.5. The van der Waals surface area contributed by atoms with E-state index in [0.717, 1.165) is 27.8 Å². The van der Waals surface area contributed by atoms with Crippen LogP contribution in [0.4, 0.5) is 4.79 Å². The largest absolute Gasteiger partial charge is 0.493 e. The summed E-state index contributed by atoms with van der Waals surface area (Å²) in [6, 6.07) is 14.6. The molecule has 31 heavy (non-hydrogen) atoms. The average Bonchev–Trinajstić information content (AvgIpc) is 3.05. The van der Waals surface area contributed by atoms with E-state index < -0.39 is 0 Å². The van der Waals surface area contributed by atoms with Crippen molar-refractivity contribution >= 4 is 41.0 Å². The van der Waals surface area contributed by atoms with Crippen LogP contribution in [0.3, 0.4) is 0 Å². The van der Waals surface area contributed by atoms with Gasteiger partial charge in [-0.3, -0.25) is 19.3 Å². The fourth-order valence-corrected chi connectivity index (χ4v) is 3.74. The molecule has 0 radical (unpaired) electrons. The number of thioether (sulfide) groups is 1. The van der Waals surface area contributed by atoms with E-state index >= 15 is 0 Å². The van der Waals surface area contributed by atoms with E-state index in [0.29, 0.717) is 16.4 Å². The normalized spacial score (nSPS) is 15.0. The van der Waals surface area contributed by atoms with E-state index in [1.165, 1.54) is 13.2 Å². The Morgan fingerprint density at radius 2 is 1.77 bits per heavy atom. The maximum Gasteiger partial charge on any atom is 0.293 e. The number of imide groups is 1. The molecule has 1 saturated heterocycles. The molecule has 0 atom stereocenters. The van der Waals surface area contributed by atoms with Crippen LogP contribution in [0.5, 0.6) is 11.5 Å². The second-order valence-electron chi connectivity index (χ2n) is 6.48. The Balaban J connectivity index is 1.52. The number of carbonyl (C=O) groups is 3. The van der Waals surface area contributed by atoms with Crippen LogP contribution in [0.25, 0.3) is 12.2 Å². The molecule has 0 aromatic heterocycles. The van der Waals surface area contributed by atoms with E-state index in [9.17, 15) is 14.4 Å². The summed E-state index contributed by atoms with van der Waals surface area (Å²) in [5.74, 6) is 0.478. The lowest BCUT2D eigenvalue weighted by Gasteiger charge is -2.12. The molecular formula is C23H22N2O5S. The van der Waals surface area contributed by atoms with E-state index in [1.54, 1.807) is 37.5 Å². The summed E-state index contributed by atoms with van der Waals surface area (Å²) >= 11 is 0.899. The minimum Gasteiger partial charge on any atom is -0.493 e. The lowest BCUT2D eigenvalue weighted by molar-refractivity contribution is -0.123. The number of methoxy groups -OCH3 is 2. The Labute approximate surface area is 184 Å². The van der Waals surface area contributed by atoms with Gasteiger partial charge in [0.1, 0.15) is 0 Å². The molecule has 0 unspecified atom stereocenters. The highest BCUT2D eigenvalue weighted by atomic mass is 32.2. The number of carbonyl (C=O) groups excluding carboxylic acids is 3. The molecular weight excluding hydrogens is 416 g/mol. The molecule has 1 aliphatic heterocycles. The summed E-state index contributed by atoms with van der Waals surface area (Å²) in [5.41, 5.74) is 1.62. The number of nitrogens with zero attached hydrogens (tertiary/aromatic N) is 1. The first-order valence-corrected chi connectivity index (χ1v) is 10.3. The summed E-state index contributed by atoms with van der Waals surface area (Å²) in [7, 11) is 3.09. The van der Waals surface area contributed by atoms with Gasteiger partial charge in [-0.15, -0.1) is 0 Å². The Morgan fingerprint density at radius 3 is 2.48 bits per heavy atom. The summed E-state index contributed by atoms with van der Waals surface area (Å²) < 4.78 is 10.4. The Kier molecular flexibility index (Phi) is 7.50. The fourth-order valence-electron chi connectivity index (χ4n) is 2.87. The molecule has 1 aliphatic rings. The molecule has 2 aromatic carbocycles. The van der Waals surface area contributed by atoms with Crippen molar-refractivity contribution in [3.63, 3.8) is 0 Å². The minimum atomic E-state index is -0.353. The number of hydrogen-bond acceptors (Lipinski definition) is 6. The van der Waals surface area contributed by atoms with Gasteiger partial charge in [0, 0.05) is 19.2 Å². The van der Waals surface area contributed by atoms with Crippen molar-refractivity contribution in [2.45, 2.75) is 0 Å². The zero-order valence-electron chi connectivity index (χ0n) is 17.2. The summed E-state index contributed by atoms with van der Waals surface area (Å²) in [5, 5.41) is 2.33. The van der Waals surface area contributed by atoms with Crippen LogP contribution in [0.2, 0.25) is 0 Å². The van der Waals surface area contributed by atoms with Gasteiger partial charge in [-0.1, -0.05) is 36.4 Å². The van der Waals surface area contributed by atoms with Gasteiger partial charge >= 0.3 is 0 Å². The van der Waals surface area contributed by atoms with Crippen molar-refractivity contribution in [2.75, 3.05) is 27.3 Å². The molecule has 0 bridgehead atoms. The average molecular weight is 439 g/mol. The number of rotatable bonds is 8. The van der Waals surface area contributed by atoms with Crippen molar-refractivity contribution in [3.8, 4) is 11.5 Å². The van der Waals surface area contributed by atoms with Crippen molar-refractivity contribution < 1.29 is 23.9 Å².